The van der Waals surface area contributed by atoms with Crippen LogP contribution in [0.15, 0.2) is 52.3 Å². The minimum Gasteiger partial charge on any atom is -0.494 e. The number of nitrogens with zero attached hydrogens (tertiary/aromatic N) is 2. The molecule has 0 aromatic heterocycles. The number of hydrogen-bond acceptors (Lipinski definition) is 6. The fraction of sp³-hybridized carbons (Fsp3) is 0.455. The molecule has 3 rings (SSSR count). The summed E-state index contributed by atoms with van der Waals surface area (Å²) in [4.78, 5) is 2.62. The van der Waals surface area contributed by atoms with Crippen LogP contribution in [-0.4, -0.2) is 71.1 Å². The van der Waals surface area contributed by atoms with E-state index >= 15 is 0 Å². The molecular formula is C22H30N2O5S2. The first-order valence-electron chi connectivity index (χ1n) is 10.4. The lowest BCUT2D eigenvalue weighted by molar-refractivity contribution is 0.197. The Kier molecular flexibility index (Phi) is 7.41. The number of sulfone groups is 1. The molecule has 7 nitrogen and oxygen atoms in total. The molecule has 0 N–H and O–H groups in total. The number of aryl methyl sites for hydroxylation is 2. The monoisotopic (exact) mass is 466 g/mol. The molecule has 1 aliphatic heterocycles. The molecule has 2 aromatic rings. The lowest BCUT2D eigenvalue weighted by atomic mass is 10.2. The molecule has 9 heteroatoms. The number of benzene rings is 2. The minimum absolute atomic E-state index is 0.0168. The van der Waals surface area contributed by atoms with Gasteiger partial charge in [-0.15, -0.1) is 0 Å². The van der Waals surface area contributed by atoms with E-state index in [0.29, 0.717) is 50.0 Å². The average Bonchev–Trinajstić information content (AvgIpc) is 2.75. The van der Waals surface area contributed by atoms with E-state index in [2.05, 4.69) is 0 Å². The van der Waals surface area contributed by atoms with E-state index in [-0.39, 0.29) is 10.6 Å². The summed E-state index contributed by atoms with van der Waals surface area (Å²) in [6, 6.07) is 11.9. The predicted molar refractivity (Wildman–Crippen MR) is 121 cm³/mol. The molecule has 0 radical (unpaired) electrons. The second-order valence-corrected chi connectivity index (χ2v) is 11.8. The van der Waals surface area contributed by atoms with Crippen molar-refractivity contribution in [1.29, 1.82) is 0 Å². The van der Waals surface area contributed by atoms with Gasteiger partial charge in [0.25, 0.3) is 0 Å². The molecule has 31 heavy (non-hydrogen) atoms. The molecule has 0 aliphatic carbocycles. The van der Waals surface area contributed by atoms with Crippen LogP contribution in [0.5, 0.6) is 5.75 Å². The van der Waals surface area contributed by atoms with Crippen molar-refractivity contribution in [3.05, 3.63) is 53.6 Å². The predicted octanol–water partition coefficient (Wildman–Crippen LogP) is 2.48. The SMILES string of the molecule is CCOc1ccc(S(=O)(=O)N2CCN(CCS(=O)(=O)c3cc(C)ccc3C)CC2)cc1. The Labute approximate surface area is 185 Å². The third-order valence-corrected chi connectivity index (χ3v) is 9.20. The van der Waals surface area contributed by atoms with Gasteiger partial charge in [0.2, 0.25) is 10.0 Å². The summed E-state index contributed by atoms with van der Waals surface area (Å²) in [5.41, 5.74) is 1.66. The fourth-order valence-corrected chi connectivity index (χ4v) is 6.68. The van der Waals surface area contributed by atoms with Crippen LogP contribution in [0.25, 0.3) is 0 Å². The molecule has 0 spiro atoms. The number of hydrogen-bond donors (Lipinski definition) is 0. The van der Waals surface area contributed by atoms with Gasteiger partial charge in [0.1, 0.15) is 5.75 Å². The van der Waals surface area contributed by atoms with Crippen LogP contribution in [-0.2, 0) is 19.9 Å². The van der Waals surface area contributed by atoms with Crippen molar-refractivity contribution in [1.82, 2.24) is 9.21 Å². The Hall–Kier alpha value is -1.94. The second kappa shape index (κ2) is 9.68. The van der Waals surface area contributed by atoms with Gasteiger partial charge in [0, 0.05) is 32.7 Å². The van der Waals surface area contributed by atoms with Crippen LogP contribution in [0.1, 0.15) is 18.1 Å². The van der Waals surface area contributed by atoms with E-state index in [1.807, 2.05) is 30.9 Å². The Morgan fingerprint density at radius 2 is 1.55 bits per heavy atom. The van der Waals surface area contributed by atoms with Crippen molar-refractivity contribution in [2.75, 3.05) is 45.1 Å². The lowest BCUT2D eigenvalue weighted by Gasteiger charge is -2.33. The summed E-state index contributed by atoms with van der Waals surface area (Å²) in [6.07, 6.45) is 0. The maximum Gasteiger partial charge on any atom is 0.243 e. The van der Waals surface area contributed by atoms with Gasteiger partial charge in [-0.3, -0.25) is 4.90 Å². The maximum absolute atomic E-state index is 12.9. The van der Waals surface area contributed by atoms with E-state index in [0.717, 1.165) is 11.1 Å². The van der Waals surface area contributed by atoms with Crippen LogP contribution in [0.4, 0.5) is 0 Å². The van der Waals surface area contributed by atoms with Gasteiger partial charge in [-0.1, -0.05) is 12.1 Å². The molecule has 0 amide bonds. The largest absolute Gasteiger partial charge is 0.494 e. The molecule has 0 bridgehead atoms. The van der Waals surface area contributed by atoms with Crippen LogP contribution >= 0.6 is 0 Å². The van der Waals surface area contributed by atoms with Gasteiger partial charge in [0.15, 0.2) is 9.84 Å². The van der Waals surface area contributed by atoms with E-state index in [4.69, 9.17) is 4.74 Å². The molecule has 1 fully saturated rings. The third kappa shape index (κ3) is 5.65. The number of piperazine rings is 1. The molecule has 1 aliphatic rings. The third-order valence-electron chi connectivity index (χ3n) is 5.46. The zero-order chi connectivity index (χ0) is 22.6. The summed E-state index contributed by atoms with van der Waals surface area (Å²) in [5, 5.41) is 0. The molecule has 1 heterocycles. The van der Waals surface area contributed by atoms with Crippen LogP contribution in [0, 0.1) is 13.8 Å². The van der Waals surface area contributed by atoms with Crippen molar-refractivity contribution in [2.24, 2.45) is 0 Å². The highest BCUT2D eigenvalue weighted by molar-refractivity contribution is 7.91. The highest BCUT2D eigenvalue weighted by Gasteiger charge is 2.29. The van der Waals surface area contributed by atoms with Crippen molar-refractivity contribution in [3.8, 4) is 5.75 Å². The Balaban J connectivity index is 1.58. The highest BCUT2D eigenvalue weighted by Crippen LogP contribution is 2.22. The van der Waals surface area contributed by atoms with E-state index in [1.54, 1.807) is 37.3 Å². The van der Waals surface area contributed by atoms with E-state index in [9.17, 15) is 16.8 Å². The smallest absolute Gasteiger partial charge is 0.243 e. The first-order chi connectivity index (χ1) is 14.6. The number of ether oxygens (including phenoxy) is 1. The minimum atomic E-state index is -3.58. The summed E-state index contributed by atoms with van der Waals surface area (Å²) < 4.78 is 58.2. The maximum atomic E-state index is 12.9. The summed E-state index contributed by atoms with van der Waals surface area (Å²) in [5.74, 6) is 0.652. The van der Waals surface area contributed by atoms with Gasteiger partial charge >= 0.3 is 0 Å². The first-order valence-corrected chi connectivity index (χ1v) is 13.5. The molecular weight excluding hydrogens is 436 g/mol. The van der Waals surface area contributed by atoms with Crippen molar-refractivity contribution >= 4 is 19.9 Å². The van der Waals surface area contributed by atoms with Crippen molar-refractivity contribution in [3.63, 3.8) is 0 Å². The molecule has 2 aromatic carbocycles. The Morgan fingerprint density at radius 3 is 2.16 bits per heavy atom. The van der Waals surface area contributed by atoms with E-state index in [1.165, 1.54) is 4.31 Å². The molecule has 0 atom stereocenters. The molecule has 0 saturated carbocycles. The zero-order valence-corrected chi connectivity index (χ0v) is 19.9. The number of rotatable bonds is 8. The van der Waals surface area contributed by atoms with Gasteiger partial charge in [-0.25, -0.2) is 16.8 Å². The normalized spacial score (nSPS) is 16.4. The fourth-order valence-electron chi connectivity index (χ4n) is 3.62. The van der Waals surface area contributed by atoms with Crippen molar-refractivity contribution < 1.29 is 21.6 Å². The van der Waals surface area contributed by atoms with Crippen LogP contribution in [0.2, 0.25) is 0 Å². The number of sulfonamides is 1. The van der Waals surface area contributed by atoms with Crippen molar-refractivity contribution in [2.45, 2.75) is 30.6 Å². The zero-order valence-electron chi connectivity index (χ0n) is 18.2. The summed E-state index contributed by atoms with van der Waals surface area (Å²) in [7, 11) is -6.97. The average molecular weight is 467 g/mol. The van der Waals surface area contributed by atoms with Crippen LogP contribution < -0.4 is 4.74 Å². The topological polar surface area (TPSA) is 84.0 Å². The Morgan fingerprint density at radius 1 is 0.903 bits per heavy atom. The first kappa shape index (κ1) is 23.7. The molecule has 170 valence electrons. The Bertz CT molecular complexity index is 1110. The molecule has 0 unspecified atom stereocenters. The molecule has 1 saturated heterocycles. The highest BCUT2D eigenvalue weighted by atomic mass is 32.2. The second-order valence-electron chi connectivity index (χ2n) is 7.74. The van der Waals surface area contributed by atoms with Crippen LogP contribution in [0.3, 0.4) is 0 Å². The standard InChI is InChI=1S/C22H30N2O5S2/c1-4-29-20-7-9-21(10-8-20)31(27,28)24-13-11-23(12-14-24)15-16-30(25,26)22-17-18(2)5-6-19(22)3/h5-10,17H,4,11-16H2,1-3H3. The lowest BCUT2D eigenvalue weighted by Crippen LogP contribution is -2.49. The van der Waals surface area contributed by atoms with Gasteiger partial charge in [0.05, 0.1) is 22.2 Å². The van der Waals surface area contributed by atoms with Gasteiger partial charge in [-0.05, 0) is 62.2 Å². The summed E-state index contributed by atoms with van der Waals surface area (Å²) >= 11 is 0. The van der Waals surface area contributed by atoms with E-state index < -0.39 is 19.9 Å². The van der Waals surface area contributed by atoms with Gasteiger partial charge in [-0.2, -0.15) is 4.31 Å². The van der Waals surface area contributed by atoms with Gasteiger partial charge < -0.3 is 4.74 Å². The quantitative estimate of drug-likeness (QED) is 0.594. The summed E-state index contributed by atoms with van der Waals surface area (Å²) in [6.45, 7) is 8.12.